The molecule has 3 heteroatoms. The van der Waals surface area contributed by atoms with Crippen molar-refractivity contribution in [1.29, 1.82) is 0 Å². The third-order valence-electron chi connectivity index (χ3n) is 2.78. The van der Waals surface area contributed by atoms with Crippen molar-refractivity contribution in [1.82, 2.24) is 4.90 Å². The monoisotopic (exact) mass is 165 g/mol. The van der Waals surface area contributed by atoms with Crippen LogP contribution in [-0.4, -0.2) is 22.3 Å². The summed E-state index contributed by atoms with van der Waals surface area (Å²) in [5.74, 6) is -0.301. The third kappa shape index (κ3) is 0.823. The zero-order valence-corrected chi connectivity index (χ0v) is 7.04. The molecule has 1 aliphatic carbocycles. The molecule has 2 aliphatic rings. The summed E-state index contributed by atoms with van der Waals surface area (Å²) in [4.78, 5) is 23.9. The van der Waals surface area contributed by atoms with Crippen molar-refractivity contribution in [3.05, 3.63) is 12.2 Å². The van der Waals surface area contributed by atoms with E-state index in [-0.39, 0.29) is 17.4 Å². The Bertz CT molecular complexity index is 258. The molecule has 1 aliphatic heterocycles. The SMILES string of the molecule is CC1(N2C(=O)C=CC2=O)CCC1. The summed E-state index contributed by atoms with van der Waals surface area (Å²) in [6.45, 7) is 1.97. The van der Waals surface area contributed by atoms with Crippen LogP contribution in [0.5, 0.6) is 0 Å². The average Bonchev–Trinajstić information content (AvgIpc) is 2.27. The highest BCUT2D eigenvalue weighted by Gasteiger charge is 2.44. The molecule has 3 nitrogen and oxygen atoms in total. The lowest BCUT2D eigenvalue weighted by atomic mass is 9.77. The normalized spacial score (nSPS) is 26.2. The second-order valence-electron chi connectivity index (χ2n) is 3.70. The molecule has 2 amide bonds. The zero-order valence-electron chi connectivity index (χ0n) is 7.04. The van der Waals surface area contributed by atoms with Gasteiger partial charge in [-0.3, -0.25) is 14.5 Å². The highest BCUT2D eigenvalue weighted by molar-refractivity contribution is 6.13. The van der Waals surface area contributed by atoms with Crippen molar-refractivity contribution < 1.29 is 9.59 Å². The maximum Gasteiger partial charge on any atom is 0.254 e. The Labute approximate surface area is 71.0 Å². The standard InChI is InChI=1S/C9H11NO2/c1-9(5-2-6-9)10-7(11)3-4-8(10)12/h3-4H,2,5-6H2,1H3. The fourth-order valence-electron chi connectivity index (χ4n) is 1.84. The smallest absolute Gasteiger partial charge is 0.254 e. The Morgan fingerprint density at radius 1 is 1.25 bits per heavy atom. The zero-order chi connectivity index (χ0) is 8.77. The molecule has 64 valence electrons. The molecule has 0 aromatic carbocycles. The molecule has 0 atom stereocenters. The Morgan fingerprint density at radius 3 is 2.08 bits per heavy atom. The number of hydrogen-bond donors (Lipinski definition) is 0. The van der Waals surface area contributed by atoms with Gasteiger partial charge in [-0.25, -0.2) is 0 Å². The molecular weight excluding hydrogens is 154 g/mol. The van der Waals surface area contributed by atoms with Crippen molar-refractivity contribution in [2.75, 3.05) is 0 Å². The average molecular weight is 165 g/mol. The molecule has 2 rings (SSSR count). The van der Waals surface area contributed by atoms with Gasteiger partial charge in [0.1, 0.15) is 0 Å². The number of imide groups is 1. The van der Waals surface area contributed by atoms with Crippen LogP contribution in [0.4, 0.5) is 0 Å². The molecule has 0 unspecified atom stereocenters. The molecule has 0 aromatic heterocycles. The molecule has 0 radical (unpaired) electrons. The molecule has 0 saturated heterocycles. The molecular formula is C9H11NO2. The van der Waals surface area contributed by atoms with E-state index in [0.717, 1.165) is 19.3 Å². The quantitative estimate of drug-likeness (QED) is 0.540. The molecule has 1 fully saturated rings. The first kappa shape index (κ1) is 7.53. The van der Waals surface area contributed by atoms with Gasteiger partial charge in [-0.2, -0.15) is 0 Å². The lowest BCUT2D eigenvalue weighted by Crippen LogP contribution is -2.54. The van der Waals surface area contributed by atoms with Gasteiger partial charge in [0.15, 0.2) is 0 Å². The van der Waals surface area contributed by atoms with Crippen molar-refractivity contribution in [3.8, 4) is 0 Å². The maximum atomic E-state index is 11.2. The van der Waals surface area contributed by atoms with Gasteiger partial charge in [-0.05, 0) is 26.2 Å². The van der Waals surface area contributed by atoms with E-state index in [0.29, 0.717) is 0 Å². The number of carbonyl (C=O) groups is 2. The molecule has 12 heavy (non-hydrogen) atoms. The largest absolute Gasteiger partial charge is 0.269 e. The van der Waals surface area contributed by atoms with Crippen LogP contribution in [0.3, 0.4) is 0 Å². The van der Waals surface area contributed by atoms with Gasteiger partial charge in [0, 0.05) is 17.7 Å². The molecule has 1 saturated carbocycles. The van der Waals surface area contributed by atoms with Gasteiger partial charge in [0.2, 0.25) is 0 Å². The van der Waals surface area contributed by atoms with E-state index in [9.17, 15) is 9.59 Å². The Kier molecular flexibility index (Phi) is 1.37. The number of nitrogens with zero attached hydrogens (tertiary/aromatic N) is 1. The molecule has 0 N–H and O–H groups in total. The number of rotatable bonds is 1. The van der Waals surface area contributed by atoms with Gasteiger partial charge >= 0.3 is 0 Å². The first-order valence-corrected chi connectivity index (χ1v) is 4.20. The Balaban J connectivity index is 2.23. The predicted molar refractivity (Wildman–Crippen MR) is 43.2 cm³/mol. The van der Waals surface area contributed by atoms with Crippen LogP contribution in [-0.2, 0) is 9.59 Å². The second-order valence-corrected chi connectivity index (χ2v) is 3.70. The minimum atomic E-state index is -0.183. The van der Waals surface area contributed by atoms with E-state index in [4.69, 9.17) is 0 Å². The van der Waals surface area contributed by atoms with Crippen molar-refractivity contribution in [2.45, 2.75) is 31.7 Å². The van der Waals surface area contributed by atoms with Crippen molar-refractivity contribution >= 4 is 11.8 Å². The minimum Gasteiger partial charge on any atom is -0.269 e. The number of carbonyl (C=O) groups excluding carboxylic acids is 2. The summed E-state index contributed by atoms with van der Waals surface area (Å²) in [5.41, 5.74) is -0.183. The Morgan fingerprint density at radius 2 is 1.75 bits per heavy atom. The summed E-state index contributed by atoms with van der Waals surface area (Å²) in [6.07, 6.45) is 5.73. The van der Waals surface area contributed by atoms with E-state index in [2.05, 4.69) is 0 Å². The van der Waals surface area contributed by atoms with E-state index < -0.39 is 0 Å². The molecule has 1 heterocycles. The first-order valence-electron chi connectivity index (χ1n) is 4.20. The summed E-state index contributed by atoms with van der Waals surface area (Å²) < 4.78 is 0. The van der Waals surface area contributed by atoms with Crippen LogP contribution >= 0.6 is 0 Å². The fraction of sp³-hybridized carbons (Fsp3) is 0.556. The lowest BCUT2D eigenvalue weighted by molar-refractivity contribution is -0.146. The predicted octanol–water partition coefficient (Wildman–Crippen LogP) is 0.854. The van der Waals surface area contributed by atoms with Crippen LogP contribution in [0.25, 0.3) is 0 Å². The van der Waals surface area contributed by atoms with Crippen molar-refractivity contribution in [3.63, 3.8) is 0 Å². The summed E-state index contributed by atoms with van der Waals surface area (Å²) in [6, 6.07) is 0. The second kappa shape index (κ2) is 2.19. The van der Waals surface area contributed by atoms with E-state index in [1.54, 1.807) is 0 Å². The lowest BCUT2D eigenvalue weighted by Gasteiger charge is -2.44. The van der Waals surface area contributed by atoms with Crippen LogP contribution in [0, 0.1) is 0 Å². The van der Waals surface area contributed by atoms with Crippen LogP contribution in [0.2, 0.25) is 0 Å². The van der Waals surface area contributed by atoms with Gasteiger partial charge in [-0.15, -0.1) is 0 Å². The van der Waals surface area contributed by atoms with Crippen LogP contribution in [0.15, 0.2) is 12.2 Å². The topological polar surface area (TPSA) is 37.4 Å². The van der Waals surface area contributed by atoms with Crippen LogP contribution in [0.1, 0.15) is 26.2 Å². The van der Waals surface area contributed by atoms with Gasteiger partial charge in [0.25, 0.3) is 11.8 Å². The summed E-state index contributed by atoms with van der Waals surface area (Å²) >= 11 is 0. The summed E-state index contributed by atoms with van der Waals surface area (Å²) in [7, 11) is 0. The molecule has 0 aromatic rings. The Hall–Kier alpha value is -1.12. The highest BCUT2D eigenvalue weighted by Crippen LogP contribution is 2.38. The van der Waals surface area contributed by atoms with E-state index in [1.807, 2.05) is 6.92 Å². The fourth-order valence-corrected chi connectivity index (χ4v) is 1.84. The minimum absolute atomic E-state index is 0.151. The van der Waals surface area contributed by atoms with Crippen molar-refractivity contribution in [2.24, 2.45) is 0 Å². The van der Waals surface area contributed by atoms with Gasteiger partial charge in [-0.1, -0.05) is 0 Å². The van der Waals surface area contributed by atoms with E-state index in [1.165, 1.54) is 17.1 Å². The highest BCUT2D eigenvalue weighted by atomic mass is 16.2. The first-order chi connectivity index (χ1) is 5.63. The van der Waals surface area contributed by atoms with E-state index >= 15 is 0 Å². The number of amides is 2. The van der Waals surface area contributed by atoms with Gasteiger partial charge in [0.05, 0.1) is 0 Å². The molecule has 0 bridgehead atoms. The summed E-state index contributed by atoms with van der Waals surface area (Å²) in [5, 5.41) is 0. The number of hydrogen-bond acceptors (Lipinski definition) is 2. The maximum absolute atomic E-state index is 11.2. The van der Waals surface area contributed by atoms with Gasteiger partial charge < -0.3 is 0 Å². The molecule has 0 spiro atoms. The van der Waals surface area contributed by atoms with Crippen LogP contribution < -0.4 is 0 Å². The third-order valence-corrected chi connectivity index (χ3v) is 2.78.